The minimum Gasteiger partial charge on any atom is -0.374 e. The number of ether oxygens (including phenoxy) is 1. The summed E-state index contributed by atoms with van der Waals surface area (Å²) in [5.74, 6) is -4.09. The van der Waals surface area contributed by atoms with Crippen LogP contribution in [-0.4, -0.2) is 55.8 Å². The number of sulfonamides is 1. The van der Waals surface area contributed by atoms with Crippen molar-refractivity contribution >= 4 is 27.5 Å². The third kappa shape index (κ3) is 5.13. The minimum absolute atomic E-state index is 0.0378. The van der Waals surface area contributed by atoms with Crippen LogP contribution in [0.25, 0.3) is 0 Å². The van der Waals surface area contributed by atoms with E-state index in [4.69, 9.17) is 9.57 Å². The quantitative estimate of drug-likeness (QED) is 0.451. The number of hydrogen-bond donors (Lipinski definition) is 2. The van der Waals surface area contributed by atoms with Crippen molar-refractivity contribution < 1.29 is 49.5 Å². The van der Waals surface area contributed by atoms with Gasteiger partial charge in [0.1, 0.15) is 17.7 Å². The Hall–Kier alpha value is -3.07. The van der Waals surface area contributed by atoms with Gasteiger partial charge in [-0.3, -0.25) is 9.59 Å². The number of rotatable bonds is 6. The van der Waals surface area contributed by atoms with E-state index >= 15 is 0 Å². The molecule has 33 heavy (non-hydrogen) atoms. The molecular formula is C18H16F5N3O6S. The van der Waals surface area contributed by atoms with Crippen molar-refractivity contribution in [2.45, 2.75) is 36.1 Å². The molecule has 0 aromatic heterocycles. The highest BCUT2D eigenvalue weighted by Crippen LogP contribution is 2.30. The van der Waals surface area contributed by atoms with E-state index in [0.717, 1.165) is 22.9 Å². The summed E-state index contributed by atoms with van der Waals surface area (Å²) in [7, 11) is -5.91. The number of benzene rings is 1. The molecule has 3 rings (SSSR count). The highest BCUT2D eigenvalue weighted by Gasteiger charge is 2.49. The minimum atomic E-state index is -5.91. The number of carbonyl (C=O) groups excluding carboxylic acids is 2. The van der Waals surface area contributed by atoms with Crippen molar-refractivity contribution in [1.29, 1.82) is 0 Å². The molecule has 0 aliphatic carbocycles. The Bertz CT molecular complexity index is 1100. The highest BCUT2D eigenvalue weighted by atomic mass is 32.2. The Labute approximate surface area is 183 Å². The van der Waals surface area contributed by atoms with Gasteiger partial charge in [-0.05, 0) is 18.2 Å². The van der Waals surface area contributed by atoms with Crippen molar-refractivity contribution in [3.63, 3.8) is 0 Å². The van der Waals surface area contributed by atoms with Crippen LogP contribution in [0.3, 0.4) is 0 Å². The number of nitrogens with zero attached hydrogens (tertiary/aromatic N) is 1. The summed E-state index contributed by atoms with van der Waals surface area (Å²) in [6.45, 7) is 3.19. The molecule has 0 spiro atoms. The van der Waals surface area contributed by atoms with Gasteiger partial charge < -0.3 is 14.9 Å². The lowest BCUT2D eigenvalue weighted by atomic mass is 9.92. The van der Waals surface area contributed by atoms with Gasteiger partial charge in [-0.1, -0.05) is 11.7 Å². The van der Waals surface area contributed by atoms with Crippen LogP contribution in [0.1, 0.15) is 18.4 Å². The van der Waals surface area contributed by atoms with Crippen LogP contribution in [0.2, 0.25) is 0 Å². The first-order chi connectivity index (χ1) is 15.3. The molecule has 9 nitrogen and oxygen atoms in total. The largest absolute Gasteiger partial charge is 0.516 e. The summed E-state index contributed by atoms with van der Waals surface area (Å²) < 4.78 is 92.1. The van der Waals surface area contributed by atoms with Crippen molar-refractivity contribution in [3.8, 4) is 0 Å². The van der Waals surface area contributed by atoms with E-state index in [9.17, 15) is 40.0 Å². The molecule has 15 heteroatoms. The SMILES string of the molecule is C=C[C@]1(C(=O)N[C@H]2CO[C@@H](C(=O)NS(=O)(=O)C(F)(F)F)C2)CC(c2cc(F)cc(F)c2)=NO1. The molecule has 2 aliphatic rings. The molecule has 1 fully saturated rings. The second-order valence-corrected chi connectivity index (χ2v) is 8.88. The third-order valence-electron chi connectivity index (χ3n) is 4.82. The zero-order valence-corrected chi connectivity index (χ0v) is 17.3. The van der Waals surface area contributed by atoms with Gasteiger partial charge in [0.15, 0.2) is 0 Å². The van der Waals surface area contributed by atoms with Crippen molar-refractivity contribution in [1.82, 2.24) is 10.0 Å². The summed E-state index contributed by atoms with van der Waals surface area (Å²) in [5.41, 5.74) is -7.36. The number of carbonyl (C=O) groups is 2. The first-order valence-electron chi connectivity index (χ1n) is 9.17. The molecule has 2 N–H and O–H groups in total. The molecule has 2 heterocycles. The summed E-state index contributed by atoms with van der Waals surface area (Å²) in [6, 6.07) is 1.74. The lowest BCUT2D eigenvalue weighted by Crippen LogP contribution is -2.50. The maximum absolute atomic E-state index is 13.5. The van der Waals surface area contributed by atoms with Gasteiger partial charge in [0, 0.05) is 24.5 Å². The summed E-state index contributed by atoms with van der Waals surface area (Å²) in [4.78, 5) is 29.8. The number of halogens is 5. The smallest absolute Gasteiger partial charge is 0.374 e. The van der Waals surface area contributed by atoms with Crippen molar-refractivity contribution in [2.24, 2.45) is 5.16 Å². The second-order valence-electron chi connectivity index (χ2n) is 7.20. The number of nitrogens with one attached hydrogen (secondary N) is 2. The topological polar surface area (TPSA) is 123 Å². The Kier molecular flexibility index (Phi) is 6.48. The molecule has 1 aromatic carbocycles. The Balaban J connectivity index is 1.62. The van der Waals surface area contributed by atoms with Crippen molar-refractivity contribution in [2.75, 3.05) is 6.61 Å². The van der Waals surface area contributed by atoms with Gasteiger partial charge in [0.25, 0.3) is 11.8 Å². The van der Waals surface area contributed by atoms with Crippen LogP contribution in [0.15, 0.2) is 36.0 Å². The number of amides is 2. The standard InChI is InChI=1S/C18H16F5N3O6S/c1-2-17(7-13(25-32-17)9-3-10(19)5-11(20)4-9)16(28)24-12-6-14(31-8-12)15(27)26-33(29,30)18(21,22)23/h2-5,12,14H,1,6-8H2,(H,24,28)(H,26,27)/t12-,14-,17-/m1/s1. The average Bonchev–Trinajstić information content (AvgIpc) is 3.34. The number of oxime groups is 1. The Morgan fingerprint density at radius 1 is 1.21 bits per heavy atom. The van der Waals surface area contributed by atoms with Crippen LogP contribution in [0, 0.1) is 11.6 Å². The van der Waals surface area contributed by atoms with Crippen LogP contribution in [-0.2, 0) is 29.2 Å². The van der Waals surface area contributed by atoms with Gasteiger partial charge in [0.05, 0.1) is 18.4 Å². The fourth-order valence-corrected chi connectivity index (χ4v) is 3.63. The van der Waals surface area contributed by atoms with Gasteiger partial charge in [-0.25, -0.2) is 13.5 Å². The molecule has 2 amide bonds. The van der Waals surface area contributed by atoms with E-state index < -0.39 is 56.7 Å². The summed E-state index contributed by atoms with van der Waals surface area (Å²) in [5, 5.41) is 6.15. The average molecular weight is 497 g/mol. The molecule has 3 atom stereocenters. The van der Waals surface area contributed by atoms with Gasteiger partial charge in [-0.15, -0.1) is 0 Å². The van der Waals surface area contributed by atoms with E-state index in [1.807, 2.05) is 0 Å². The second kappa shape index (κ2) is 8.70. The first kappa shape index (κ1) is 24.6. The zero-order chi connectivity index (χ0) is 24.6. The number of alkyl halides is 3. The van der Waals surface area contributed by atoms with Crippen LogP contribution < -0.4 is 10.0 Å². The monoisotopic (exact) mass is 497 g/mol. The molecule has 0 saturated carbocycles. The van der Waals surface area contributed by atoms with E-state index in [2.05, 4.69) is 17.1 Å². The van der Waals surface area contributed by atoms with E-state index in [-0.39, 0.29) is 30.7 Å². The third-order valence-corrected chi connectivity index (χ3v) is 5.90. The molecular weight excluding hydrogens is 481 g/mol. The Morgan fingerprint density at radius 2 is 1.85 bits per heavy atom. The molecule has 0 bridgehead atoms. The predicted molar refractivity (Wildman–Crippen MR) is 101 cm³/mol. The fourth-order valence-electron chi connectivity index (χ4n) is 3.12. The van der Waals surface area contributed by atoms with Gasteiger partial charge in [-0.2, -0.15) is 21.6 Å². The van der Waals surface area contributed by atoms with Crippen LogP contribution in [0.4, 0.5) is 22.0 Å². The first-order valence-corrected chi connectivity index (χ1v) is 10.7. The number of hydrogen-bond acceptors (Lipinski definition) is 7. The molecule has 0 radical (unpaired) electrons. The lowest BCUT2D eigenvalue weighted by molar-refractivity contribution is -0.139. The zero-order valence-electron chi connectivity index (χ0n) is 16.5. The van der Waals surface area contributed by atoms with E-state index in [1.54, 1.807) is 0 Å². The maximum atomic E-state index is 13.5. The lowest BCUT2D eigenvalue weighted by Gasteiger charge is -2.23. The molecule has 180 valence electrons. The van der Waals surface area contributed by atoms with Crippen molar-refractivity contribution in [3.05, 3.63) is 48.1 Å². The molecule has 0 unspecified atom stereocenters. The fraction of sp³-hybridized carbons (Fsp3) is 0.389. The normalized spacial score (nSPS) is 25.2. The molecule has 1 aromatic rings. The van der Waals surface area contributed by atoms with Crippen LogP contribution >= 0.6 is 0 Å². The molecule has 1 saturated heterocycles. The van der Waals surface area contributed by atoms with E-state index in [0.29, 0.717) is 6.07 Å². The Morgan fingerprint density at radius 3 is 2.42 bits per heavy atom. The van der Waals surface area contributed by atoms with Gasteiger partial charge in [0.2, 0.25) is 5.60 Å². The molecule has 2 aliphatic heterocycles. The predicted octanol–water partition coefficient (Wildman–Crippen LogP) is 1.25. The van der Waals surface area contributed by atoms with Crippen LogP contribution in [0.5, 0.6) is 0 Å². The summed E-state index contributed by atoms with van der Waals surface area (Å²) in [6.07, 6.45) is -1.04. The van der Waals surface area contributed by atoms with Gasteiger partial charge >= 0.3 is 15.5 Å². The maximum Gasteiger partial charge on any atom is 0.516 e. The highest BCUT2D eigenvalue weighted by molar-refractivity contribution is 7.90. The summed E-state index contributed by atoms with van der Waals surface area (Å²) >= 11 is 0. The van der Waals surface area contributed by atoms with E-state index in [1.165, 1.54) is 0 Å².